The SMILES string of the molecule is CC.CS(=O)c1cccc(C(F)(F)F)c1. The maximum absolute atomic E-state index is 12.1. The Labute approximate surface area is 89.8 Å². The minimum Gasteiger partial charge on any atom is -0.255 e. The van der Waals surface area contributed by atoms with Gasteiger partial charge in [-0.3, -0.25) is 4.21 Å². The lowest BCUT2D eigenvalue weighted by molar-refractivity contribution is -0.137. The summed E-state index contributed by atoms with van der Waals surface area (Å²) in [5.41, 5.74) is -0.764. The van der Waals surface area contributed by atoms with Gasteiger partial charge < -0.3 is 0 Å². The number of rotatable bonds is 1. The van der Waals surface area contributed by atoms with Crippen LogP contribution in [0.15, 0.2) is 29.2 Å². The normalized spacial score (nSPS) is 12.7. The van der Waals surface area contributed by atoms with Crippen molar-refractivity contribution in [3.63, 3.8) is 0 Å². The van der Waals surface area contributed by atoms with Gasteiger partial charge in [-0.2, -0.15) is 13.2 Å². The topological polar surface area (TPSA) is 17.1 Å². The molecule has 0 aliphatic rings. The van der Waals surface area contributed by atoms with Gasteiger partial charge >= 0.3 is 6.18 Å². The largest absolute Gasteiger partial charge is 0.416 e. The molecule has 0 bridgehead atoms. The third-order valence-electron chi connectivity index (χ3n) is 1.49. The molecule has 0 saturated heterocycles. The smallest absolute Gasteiger partial charge is 0.255 e. The van der Waals surface area contributed by atoms with Gasteiger partial charge in [-0.15, -0.1) is 0 Å². The summed E-state index contributed by atoms with van der Waals surface area (Å²) in [6, 6.07) is 4.51. The molecular weight excluding hydrogens is 225 g/mol. The van der Waals surface area contributed by atoms with Crippen LogP contribution in [0.2, 0.25) is 0 Å². The lowest BCUT2D eigenvalue weighted by Gasteiger charge is -2.06. The minimum atomic E-state index is -4.37. The molecule has 5 heteroatoms. The highest BCUT2D eigenvalue weighted by atomic mass is 32.2. The third kappa shape index (κ3) is 4.46. The molecule has 0 aliphatic heterocycles. The third-order valence-corrected chi connectivity index (χ3v) is 2.41. The van der Waals surface area contributed by atoms with Gasteiger partial charge in [0.25, 0.3) is 0 Å². The summed E-state index contributed by atoms with van der Waals surface area (Å²) < 4.78 is 47.3. The molecule has 0 radical (unpaired) electrons. The molecule has 0 N–H and O–H groups in total. The lowest BCUT2D eigenvalue weighted by Crippen LogP contribution is -2.05. The van der Waals surface area contributed by atoms with E-state index >= 15 is 0 Å². The van der Waals surface area contributed by atoms with E-state index in [0.717, 1.165) is 12.1 Å². The van der Waals surface area contributed by atoms with Crippen molar-refractivity contribution < 1.29 is 17.4 Å². The van der Waals surface area contributed by atoms with Gasteiger partial charge in [0.2, 0.25) is 0 Å². The van der Waals surface area contributed by atoms with Crippen LogP contribution in [0.25, 0.3) is 0 Å². The van der Waals surface area contributed by atoms with Gasteiger partial charge in [-0.05, 0) is 18.2 Å². The van der Waals surface area contributed by atoms with E-state index in [4.69, 9.17) is 0 Å². The van der Waals surface area contributed by atoms with Gasteiger partial charge in [0.1, 0.15) is 0 Å². The van der Waals surface area contributed by atoms with Crippen molar-refractivity contribution in [1.29, 1.82) is 0 Å². The average Bonchev–Trinajstić information content (AvgIpc) is 2.20. The molecule has 1 aromatic carbocycles. The predicted octanol–water partition coefficient (Wildman–Crippen LogP) is 3.47. The molecule has 0 saturated carbocycles. The van der Waals surface area contributed by atoms with Crippen molar-refractivity contribution in [2.75, 3.05) is 6.26 Å². The first-order valence-electron chi connectivity index (χ1n) is 4.42. The summed E-state index contributed by atoms with van der Waals surface area (Å²) in [6.45, 7) is 4.00. The lowest BCUT2D eigenvalue weighted by atomic mass is 10.2. The molecule has 1 rings (SSSR count). The first-order valence-corrected chi connectivity index (χ1v) is 5.98. The Morgan fingerprint density at radius 1 is 1.20 bits per heavy atom. The molecule has 1 atom stereocenters. The quantitative estimate of drug-likeness (QED) is 0.732. The first kappa shape index (κ1) is 14.2. The molecule has 1 nitrogen and oxygen atoms in total. The molecule has 86 valence electrons. The standard InChI is InChI=1S/C8H7F3OS.C2H6/c1-13(12)7-4-2-3-6(5-7)8(9,10)11;1-2/h2-5H,1H3;1-2H3. The highest BCUT2D eigenvalue weighted by Gasteiger charge is 2.30. The second kappa shape index (κ2) is 5.90. The van der Waals surface area contributed by atoms with E-state index in [9.17, 15) is 17.4 Å². The maximum atomic E-state index is 12.1. The molecule has 0 spiro atoms. The van der Waals surface area contributed by atoms with Crippen molar-refractivity contribution in [2.24, 2.45) is 0 Å². The molecule has 1 aromatic rings. The van der Waals surface area contributed by atoms with Crippen LogP contribution in [0, 0.1) is 0 Å². The Kier molecular flexibility index (Phi) is 5.57. The van der Waals surface area contributed by atoms with E-state index in [1.54, 1.807) is 0 Å². The van der Waals surface area contributed by atoms with Crippen molar-refractivity contribution in [1.82, 2.24) is 0 Å². The number of benzene rings is 1. The molecule has 15 heavy (non-hydrogen) atoms. The van der Waals surface area contributed by atoms with E-state index in [2.05, 4.69) is 0 Å². The first-order chi connectivity index (χ1) is 6.91. The monoisotopic (exact) mass is 238 g/mol. The second-order valence-corrected chi connectivity index (χ2v) is 3.86. The van der Waals surface area contributed by atoms with Gasteiger partial charge in [0.15, 0.2) is 0 Å². The van der Waals surface area contributed by atoms with E-state index in [-0.39, 0.29) is 4.90 Å². The molecule has 1 unspecified atom stereocenters. The zero-order chi connectivity index (χ0) is 12.1. The van der Waals surface area contributed by atoms with E-state index in [0.29, 0.717) is 0 Å². The summed E-state index contributed by atoms with van der Waals surface area (Å²) in [6.07, 6.45) is -3.02. The fourth-order valence-electron chi connectivity index (χ4n) is 0.851. The van der Waals surface area contributed by atoms with Crippen molar-refractivity contribution >= 4 is 10.8 Å². The zero-order valence-electron chi connectivity index (χ0n) is 8.76. The maximum Gasteiger partial charge on any atom is 0.416 e. The molecular formula is C10H13F3OS. The van der Waals surface area contributed by atoms with Crippen LogP contribution in [-0.2, 0) is 17.0 Å². The summed E-state index contributed by atoms with van der Waals surface area (Å²) in [5, 5.41) is 0. The van der Waals surface area contributed by atoms with Gasteiger partial charge in [0, 0.05) is 22.0 Å². The zero-order valence-corrected chi connectivity index (χ0v) is 9.58. The molecule has 0 aliphatic carbocycles. The van der Waals surface area contributed by atoms with Gasteiger partial charge in [-0.25, -0.2) is 0 Å². The Bertz CT molecular complexity index is 334. The van der Waals surface area contributed by atoms with Crippen LogP contribution in [0.3, 0.4) is 0 Å². The van der Waals surface area contributed by atoms with Gasteiger partial charge in [0.05, 0.1) is 5.56 Å². The van der Waals surface area contributed by atoms with Crippen molar-refractivity contribution in [3.05, 3.63) is 29.8 Å². The number of alkyl halides is 3. The average molecular weight is 238 g/mol. The van der Waals surface area contributed by atoms with Crippen LogP contribution in [0.4, 0.5) is 13.2 Å². The van der Waals surface area contributed by atoms with Crippen LogP contribution in [0.5, 0.6) is 0 Å². The summed E-state index contributed by atoms with van der Waals surface area (Å²) in [7, 11) is -1.37. The minimum absolute atomic E-state index is 0.190. The number of hydrogen-bond donors (Lipinski definition) is 0. The van der Waals surface area contributed by atoms with E-state index in [1.807, 2.05) is 13.8 Å². The fraction of sp³-hybridized carbons (Fsp3) is 0.400. The van der Waals surface area contributed by atoms with Crippen molar-refractivity contribution in [3.8, 4) is 0 Å². The van der Waals surface area contributed by atoms with Crippen molar-refractivity contribution in [2.45, 2.75) is 24.9 Å². The summed E-state index contributed by atoms with van der Waals surface area (Å²) in [4.78, 5) is 0.190. The van der Waals surface area contributed by atoms with E-state index < -0.39 is 22.5 Å². The summed E-state index contributed by atoms with van der Waals surface area (Å²) in [5.74, 6) is 0. The fourth-order valence-corrected chi connectivity index (χ4v) is 1.41. The summed E-state index contributed by atoms with van der Waals surface area (Å²) >= 11 is 0. The Hall–Kier alpha value is -0.840. The Morgan fingerprint density at radius 3 is 2.13 bits per heavy atom. The van der Waals surface area contributed by atoms with Crippen LogP contribution >= 0.6 is 0 Å². The molecule has 0 aromatic heterocycles. The number of halogens is 3. The van der Waals surface area contributed by atoms with E-state index in [1.165, 1.54) is 18.4 Å². The predicted molar refractivity (Wildman–Crippen MR) is 55.1 cm³/mol. The molecule has 0 amide bonds. The van der Waals surface area contributed by atoms with Crippen LogP contribution in [0.1, 0.15) is 19.4 Å². The Morgan fingerprint density at radius 2 is 1.73 bits per heavy atom. The van der Waals surface area contributed by atoms with Crippen LogP contribution in [-0.4, -0.2) is 10.5 Å². The second-order valence-electron chi connectivity index (χ2n) is 2.48. The highest BCUT2D eigenvalue weighted by Crippen LogP contribution is 2.29. The molecule has 0 fully saturated rings. The highest BCUT2D eigenvalue weighted by molar-refractivity contribution is 7.84. The Balaban J connectivity index is 0.000000921. The number of hydrogen-bond acceptors (Lipinski definition) is 1. The van der Waals surface area contributed by atoms with Crippen LogP contribution < -0.4 is 0 Å². The molecule has 0 heterocycles. The van der Waals surface area contributed by atoms with Gasteiger partial charge in [-0.1, -0.05) is 19.9 Å².